The average molecular weight is 820 g/mol. The van der Waals surface area contributed by atoms with Gasteiger partial charge in [0.05, 0.1) is 92.0 Å². The molecular weight excluding hydrogens is 760 g/mol. The van der Waals surface area contributed by atoms with E-state index in [1.165, 1.54) is 6.08 Å². The van der Waals surface area contributed by atoms with Crippen molar-refractivity contribution < 1.29 is 98.9 Å². The molecule has 51 heavy (non-hydrogen) atoms. The minimum absolute atomic E-state index is 0.0900. The summed E-state index contributed by atoms with van der Waals surface area (Å²) in [5, 5.41) is 101. The van der Waals surface area contributed by atoms with E-state index in [2.05, 4.69) is 29.1 Å². The number of alkyl halides is 1. The van der Waals surface area contributed by atoms with Crippen LogP contribution in [0.5, 0.6) is 0 Å². The van der Waals surface area contributed by atoms with E-state index < -0.39 is 122 Å². The Morgan fingerprint density at radius 1 is 0.490 bits per heavy atom. The Hall–Kier alpha value is -1.13. The summed E-state index contributed by atoms with van der Waals surface area (Å²) in [5.41, 5.74) is 0. The molecule has 0 aromatic rings. The van der Waals surface area contributed by atoms with Crippen molar-refractivity contribution in [2.24, 2.45) is 0 Å². The van der Waals surface area contributed by atoms with E-state index >= 15 is 0 Å². The van der Waals surface area contributed by atoms with Crippen LogP contribution in [0, 0.1) is 0 Å². The Kier molecular flexibility index (Phi) is 42.6. The highest BCUT2D eigenvalue weighted by Gasteiger charge is 2.22. The average Bonchev–Trinajstić information content (AvgIpc) is 3.16. The Balaban J connectivity index is -0.000000821. The van der Waals surface area contributed by atoms with E-state index in [1.807, 2.05) is 0 Å². The second-order valence-electron chi connectivity index (χ2n) is 9.70. The first-order chi connectivity index (χ1) is 24.6. The van der Waals surface area contributed by atoms with Crippen molar-refractivity contribution in [3.05, 3.63) is 25.3 Å². The molecule has 7 atom stereocenters. The highest BCUT2D eigenvalue weighted by molar-refractivity contribution is 9.09. The van der Waals surface area contributed by atoms with Crippen molar-refractivity contribution in [3.8, 4) is 0 Å². The van der Waals surface area contributed by atoms with Crippen molar-refractivity contribution in [1.29, 1.82) is 0 Å². The first-order valence-electron chi connectivity index (χ1n) is 15.7. The molecule has 0 saturated heterocycles. The summed E-state index contributed by atoms with van der Waals surface area (Å²) in [6, 6.07) is 0. The van der Waals surface area contributed by atoms with Gasteiger partial charge in [0.2, 0.25) is 0 Å². The van der Waals surface area contributed by atoms with Gasteiger partial charge in [-0.2, -0.15) is 0 Å². The van der Waals surface area contributed by atoms with Gasteiger partial charge < -0.3 is 98.9 Å². The number of allylic oxidation sites excluding steroid dienone is 1. The van der Waals surface area contributed by atoms with Gasteiger partial charge in [-0.05, 0) is 6.42 Å². The van der Waals surface area contributed by atoms with Crippen molar-refractivity contribution in [2.45, 2.75) is 62.1 Å². The molecule has 0 rings (SSSR count). The number of aldehydes is 1. The molecule has 0 spiro atoms. The molecule has 7 unspecified atom stereocenters. The van der Waals surface area contributed by atoms with Crippen LogP contribution in [0.15, 0.2) is 25.3 Å². The van der Waals surface area contributed by atoms with Gasteiger partial charge in [0.25, 0.3) is 0 Å². The zero-order valence-corrected chi connectivity index (χ0v) is 30.2. The van der Waals surface area contributed by atoms with Gasteiger partial charge in [-0.1, -0.05) is 28.1 Å². The lowest BCUT2D eigenvalue weighted by molar-refractivity contribution is -0.243. The highest BCUT2D eigenvalue weighted by Crippen LogP contribution is 2.08. The van der Waals surface area contributed by atoms with Gasteiger partial charge in [0, 0.05) is 5.33 Å². The number of hydrogen-bond acceptors (Lipinski definition) is 20. The molecule has 0 radical (unpaired) electrons. The zero-order valence-electron chi connectivity index (χ0n) is 28.6. The van der Waals surface area contributed by atoms with Gasteiger partial charge in [-0.25, -0.2) is 0 Å². The van der Waals surface area contributed by atoms with Crippen LogP contribution in [0.4, 0.5) is 0 Å². The van der Waals surface area contributed by atoms with Crippen LogP contribution in [0.2, 0.25) is 0 Å². The number of carbonyl (C=O) groups excluding carboxylic acids is 1. The molecule has 306 valence electrons. The predicted octanol–water partition coefficient (Wildman–Crippen LogP) is -4.49. The van der Waals surface area contributed by atoms with Crippen LogP contribution in [0.1, 0.15) is 6.42 Å². The summed E-state index contributed by atoms with van der Waals surface area (Å²) in [4.78, 5) is 10.2. The lowest BCUT2D eigenvalue weighted by Crippen LogP contribution is -2.38. The molecule has 0 amide bonds. The molecule has 0 bridgehead atoms. The third-order valence-electron chi connectivity index (χ3n) is 5.50. The fourth-order valence-corrected chi connectivity index (χ4v) is 3.01. The lowest BCUT2D eigenvalue weighted by Gasteiger charge is -2.26. The highest BCUT2D eigenvalue weighted by atomic mass is 79.9. The first kappa shape index (κ1) is 54.2. The fraction of sp³-hybridized carbons (Fsp3) is 0.833. The molecule has 21 heteroatoms. The quantitative estimate of drug-likeness (QED) is 0.0129. The number of halogens is 1. The topological polar surface area (TPSA) is 313 Å². The minimum Gasteiger partial charge on any atom is -0.394 e. The Morgan fingerprint density at radius 3 is 1.08 bits per heavy atom. The molecule has 11 N–H and O–H groups in total. The second kappa shape index (κ2) is 40.1. The van der Waals surface area contributed by atoms with Crippen molar-refractivity contribution in [1.82, 2.24) is 0 Å². The molecule has 0 aromatic carbocycles. The van der Waals surface area contributed by atoms with Gasteiger partial charge >= 0.3 is 0 Å². The molecule has 0 heterocycles. The Labute approximate surface area is 306 Å². The van der Waals surface area contributed by atoms with Gasteiger partial charge in [0.1, 0.15) is 37.3 Å². The smallest absolute Gasteiger partial charge is 0.181 e. The summed E-state index contributed by atoms with van der Waals surface area (Å²) in [6.07, 6.45) is -4.76. The number of rotatable bonds is 33. The number of ether oxygens (including phenoxy) is 8. The molecular formula is C30H59BrO20. The molecule has 0 aliphatic heterocycles. The summed E-state index contributed by atoms with van der Waals surface area (Å²) in [7, 11) is 0. The molecule has 0 saturated carbocycles. The van der Waals surface area contributed by atoms with E-state index in [-0.39, 0.29) is 26.4 Å². The third kappa shape index (κ3) is 32.1. The van der Waals surface area contributed by atoms with Gasteiger partial charge in [-0.15, -0.1) is 13.2 Å². The Morgan fingerprint density at radius 2 is 0.804 bits per heavy atom. The molecule has 0 aliphatic rings. The summed E-state index contributed by atoms with van der Waals surface area (Å²) < 4.78 is 41.0. The summed E-state index contributed by atoms with van der Waals surface area (Å²) in [5.74, 6) is 0. The molecule has 20 nitrogen and oxygen atoms in total. The molecule has 0 fully saturated rings. The lowest BCUT2D eigenvalue weighted by atomic mass is 10.3. The zero-order chi connectivity index (χ0) is 39.3. The maximum atomic E-state index is 10.2. The Bertz CT molecular complexity index is 750. The van der Waals surface area contributed by atoms with Crippen molar-refractivity contribution >= 4 is 22.2 Å². The molecule has 0 aliphatic carbocycles. The fourth-order valence-electron chi connectivity index (χ4n) is 3.01. The standard InChI is InChI=1S/C15H30O10.C12H24O10.C3H5Br/c1-2-3-11(21)9-22-14(7-19)25-13(6-18)10-23-15(8-20)24-12(4-16)5-17;13-1-2-19-11(6-17)22-10(5-16)8-20-12(7-18)21-9(3-14)4-15;1-2-3-4/h2,11-21H,1,3-10H2;1,9-12,14-18H,2-8H2;2H,1,3H2. The largest absolute Gasteiger partial charge is 0.394 e. The SMILES string of the molecule is C=CCBr.C=CCC(O)COC(CO)OC(CO)COC(CO)OC(CO)CO.O=CCOC(CO)OC(CO)COC(CO)OC(CO)CO. The number of carbonyl (C=O) groups is 1. The predicted molar refractivity (Wildman–Crippen MR) is 180 cm³/mol. The van der Waals surface area contributed by atoms with E-state index in [4.69, 9.17) is 78.7 Å². The monoisotopic (exact) mass is 818 g/mol. The number of hydrogen-bond donors (Lipinski definition) is 11. The normalized spacial score (nSPS) is 15.4. The van der Waals surface area contributed by atoms with Crippen molar-refractivity contribution in [2.75, 3.05) is 97.8 Å². The van der Waals surface area contributed by atoms with Crippen LogP contribution >= 0.6 is 15.9 Å². The van der Waals surface area contributed by atoms with E-state index in [9.17, 15) is 20.1 Å². The van der Waals surface area contributed by atoms with Gasteiger partial charge in [-0.3, -0.25) is 0 Å². The van der Waals surface area contributed by atoms with Gasteiger partial charge in [0.15, 0.2) is 25.2 Å². The summed E-state index contributed by atoms with van der Waals surface area (Å²) in [6.45, 7) is 1.26. The van der Waals surface area contributed by atoms with Crippen LogP contribution in [0.25, 0.3) is 0 Å². The summed E-state index contributed by atoms with van der Waals surface area (Å²) >= 11 is 3.13. The third-order valence-corrected chi connectivity index (χ3v) is 5.96. The van der Waals surface area contributed by atoms with Crippen molar-refractivity contribution in [3.63, 3.8) is 0 Å². The van der Waals surface area contributed by atoms with E-state index in [0.29, 0.717) is 12.7 Å². The van der Waals surface area contributed by atoms with Crippen LogP contribution < -0.4 is 0 Å². The maximum absolute atomic E-state index is 10.2. The number of aliphatic hydroxyl groups is 11. The van der Waals surface area contributed by atoms with E-state index in [1.54, 1.807) is 6.08 Å². The first-order valence-corrected chi connectivity index (χ1v) is 16.8. The van der Waals surface area contributed by atoms with Crippen LogP contribution in [0.3, 0.4) is 0 Å². The van der Waals surface area contributed by atoms with Crippen LogP contribution in [-0.4, -0.2) is 216 Å². The van der Waals surface area contributed by atoms with Crippen LogP contribution in [-0.2, 0) is 42.7 Å². The maximum Gasteiger partial charge on any atom is 0.181 e. The second-order valence-corrected chi connectivity index (χ2v) is 10.3. The molecule has 0 aromatic heterocycles. The number of aliphatic hydroxyl groups excluding tert-OH is 11. The van der Waals surface area contributed by atoms with E-state index in [0.717, 1.165) is 5.33 Å². The minimum atomic E-state index is -1.13.